The molecule has 0 spiro atoms. The van der Waals surface area contributed by atoms with Crippen LogP contribution < -0.4 is 10.9 Å². The van der Waals surface area contributed by atoms with Crippen LogP contribution in [-0.2, 0) is 9.53 Å². The molecule has 0 aliphatic carbocycles. The van der Waals surface area contributed by atoms with Gasteiger partial charge < -0.3 is 20.3 Å². The Morgan fingerprint density at radius 3 is 2.67 bits per heavy atom. The summed E-state index contributed by atoms with van der Waals surface area (Å²) in [6.07, 6.45) is 0. The first kappa shape index (κ1) is 13.7. The van der Waals surface area contributed by atoms with Crippen molar-refractivity contribution in [2.24, 2.45) is 0 Å². The third-order valence-electron chi connectivity index (χ3n) is 2.07. The zero-order chi connectivity index (χ0) is 13.7. The first-order chi connectivity index (χ1) is 8.47. The van der Waals surface area contributed by atoms with Crippen molar-refractivity contribution in [3.63, 3.8) is 0 Å². The highest BCUT2D eigenvalue weighted by Gasteiger charge is 2.21. The minimum absolute atomic E-state index is 0.140. The first-order valence-electron chi connectivity index (χ1n) is 4.90. The Morgan fingerprint density at radius 1 is 1.50 bits per heavy atom. The van der Waals surface area contributed by atoms with Gasteiger partial charge in [0.05, 0.1) is 19.3 Å². The highest BCUT2D eigenvalue weighted by Crippen LogP contribution is 2.04. The molecule has 0 bridgehead atoms. The maximum absolute atomic E-state index is 11.6. The Morgan fingerprint density at radius 2 is 2.17 bits per heavy atom. The molecule has 1 rings (SSSR count). The van der Waals surface area contributed by atoms with Gasteiger partial charge >= 0.3 is 5.97 Å². The van der Waals surface area contributed by atoms with Crippen molar-refractivity contribution in [3.05, 3.63) is 28.0 Å². The van der Waals surface area contributed by atoms with Crippen molar-refractivity contribution in [2.75, 3.05) is 13.7 Å². The maximum atomic E-state index is 11.6. The highest BCUT2D eigenvalue weighted by atomic mass is 16.5. The molecule has 0 aliphatic rings. The van der Waals surface area contributed by atoms with Gasteiger partial charge in [0, 0.05) is 12.1 Å². The fourth-order valence-corrected chi connectivity index (χ4v) is 1.22. The van der Waals surface area contributed by atoms with Gasteiger partial charge in [0.25, 0.3) is 11.5 Å². The molecule has 1 amide bonds. The lowest BCUT2D eigenvalue weighted by atomic mass is 10.2. The molecule has 98 valence electrons. The van der Waals surface area contributed by atoms with E-state index in [1.807, 2.05) is 4.98 Å². The second-order valence-electron chi connectivity index (χ2n) is 3.35. The van der Waals surface area contributed by atoms with Crippen LogP contribution in [0.25, 0.3) is 0 Å². The second kappa shape index (κ2) is 5.82. The standard InChI is InChI=1S/C10H12N2O6/c1-18-10(17)6(4-13)11-9(16)5-2-7(14)12-8(15)3-5/h2-3,6,13H,4H2,1H3,(H,11,16)(H2,12,14,15). The highest BCUT2D eigenvalue weighted by molar-refractivity contribution is 5.96. The predicted molar refractivity (Wildman–Crippen MR) is 59.1 cm³/mol. The number of carbonyl (C=O) groups excluding carboxylic acids is 2. The number of ether oxygens (including phenoxy) is 1. The summed E-state index contributed by atoms with van der Waals surface area (Å²) in [5, 5.41) is 20.2. The average Bonchev–Trinajstić information content (AvgIpc) is 2.33. The van der Waals surface area contributed by atoms with Gasteiger partial charge in [0.2, 0.25) is 0 Å². The van der Waals surface area contributed by atoms with Gasteiger partial charge in [-0.2, -0.15) is 0 Å². The number of aromatic amines is 1. The van der Waals surface area contributed by atoms with Crippen LogP contribution in [0.1, 0.15) is 10.4 Å². The normalized spacial score (nSPS) is 11.7. The van der Waals surface area contributed by atoms with Gasteiger partial charge in [-0.3, -0.25) is 14.6 Å². The van der Waals surface area contributed by atoms with Crippen molar-refractivity contribution in [2.45, 2.75) is 6.04 Å². The van der Waals surface area contributed by atoms with Gasteiger partial charge in [-0.05, 0) is 0 Å². The molecule has 8 nitrogen and oxygen atoms in total. The largest absolute Gasteiger partial charge is 0.494 e. The molecule has 0 saturated carbocycles. The average molecular weight is 256 g/mol. The third kappa shape index (κ3) is 3.32. The fraction of sp³-hybridized carbons (Fsp3) is 0.300. The molecule has 1 unspecified atom stereocenters. The quantitative estimate of drug-likeness (QED) is 0.477. The topological polar surface area (TPSA) is 129 Å². The van der Waals surface area contributed by atoms with E-state index in [2.05, 4.69) is 10.1 Å². The zero-order valence-electron chi connectivity index (χ0n) is 9.47. The summed E-state index contributed by atoms with van der Waals surface area (Å²) in [6, 6.07) is 0.729. The van der Waals surface area contributed by atoms with E-state index in [1.165, 1.54) is 0 Å². The van der Waals surface area contributed by atoms with Crippen molar-refractivity contribution in [3.8, 4) is 5.88 Å². The van der Waals surface area contributed by atoms with Crippen molar-refractivity contribution in [1.82, 2.24) is 10.3 Å². The number of pyridine rings is 1. The Bertz CT molecular complexity index is 509. The molecule has 0 saturated heterocycles. The lowest BCUT2D eigenvalue weighted by molar-refractivity contribution is -0.143. The molecular formula is C10H12N2O6. The SMILES string of the molecule is COC(=O)C(CO)NC(=O)c1cc(O)[nH]c(=O)c1. The van der Waals surface area contributed by atoms with Crippen molar-refractivity contribution in [1.29, 1.82) is 0 Å². The Labute approximate surface area is 101 Å². The zero-order valence-corrected chi connectivity index (χ0v) is 9.47. The fourth-order valence-electron chi connectivity index (χ4n) is 1.22. The summed E-state index contributed by atoms with van der Waals surface area (Å²) >= 11 is 0. The molecule has 0 aliphatic heterocycles. The molecule has 1 aromatic heterocycles. The van der Waals surface area contributed by atoms with E-state index in [1.54, 1.807) is 0 Å². The number of aromatic hydroxyl groups is 1. The molecule has 18 heavy (non-hydrogen) atoms. The lowest BCUT2D eigenvalue weighted by Crippen LogP contribution is -2.44. The Balaban J connectivity index is 2.87. The number of hydrogen-bond acceptors (Lipinski definition) is 6. The number of aromatic nitrogens is 1. The molecule has 1 atom stereocenters. The minimum Gasteiger partial charge on any atom is -0.494 e. The summed E-state index contributed by atoms with van der Waals surface area (Å²) in [5.74, 6) is -2.09. The van der Waals surface area contributed by atoms with E-state index in [0.29, 0.717) is 0 Å². The van der Waals surface area contributed by atoms with Gasteiger partial charge in [-0.15, -0.1) is 0 Å². The molecular weight excluding hydrogens is 244 g/mol. The molecule has 0 aromatic carbocycles. The van der Waals surface area contributed by atoms with Gasteiger partial charge in [0.1, 0.15) is 0 Å². The maximum Gasteiger partial charge on any atom is 0.330 e. The molecule has 0 radical (unpaired) electrons. The van der Waals surface area contributed by atoms with Gasteiger partial charge in [-0.1, -0.05) is 0 Å². The van der Waals surface area contributed by atoms with Crippen LogP contribution in [0.5, 0.6) is 5.88 Å². The van der Waals surface area contributed by atoms with Gasteiger partial charge in [-0.25, -0.2) is 4.79 Å². The summed E-state index contributed by atoms with van der Waals surface area (Å²) in [7, 11) is 1.11. The summed E-state index contributed by atoms with van der Waals surface area (Å²) in [6.45, 7) is -0.645. The summed E-state index contributed by atoms with van der Waals surface area (Å²) in [5.41, 5.74) is -0.808. The Hall–Kier alpha value is -2.35. The number of carbonyl (C=O) groups is 2. The van der Waals surface area contributed by atoms with Crippen molar-refractivity contribution < 1.29 is 24.5 Å². The predicted octanol–water partition coefficient (Wildman–Crippen LogP) is -1.66. The minimum atomic E-state index is -1.23. The number of hydrogen-bond donors (Lipinski definition) is 4. The van der Waals surface area contributed by atoms with Crippen molar-refractivity contribution >= 4 is 11.9 Å². The number of aliphatic hydroxyl groups is 1. The smallest absolute Gasteiger partial charge is 0.330 e. The van der Waals surface area contributed by atoms with Crippen LogP contribution >= 0.6 is 0 Å². The lowest BCUT2D eigenvalue weighted by Gasteiger charge is -2.13. The number of esters is 1. The number of nitrogens with one attached hydrogen (secondary N) is 2. The van der Waals surface area contributed by atoms with E-state index >= 15 is 0 Å². The van der Waals surface area contributed by atoms with E-state index < -0.39 is 36.0 Å². The molecule has 8 heteroatoms. The molecule has 0 fully saturated rings. The van der Waals surface area contributed by atoms with E-state index in [9.17, 15) is 14.4 Å². The number of amides is 1. The van der Waals surface area contributed by atoms with Crippen LogP contribution in [0.2, 0.25) is 0 Å². The second-order valence-corrected chi connectivity index (χ2v) is 3.35. The van der Waals surface area contributed by atoms with Crippen LogP contribution in [0, 0.1) is 0 Å². The van der Waals surface area contributed by atoms with Crippen LogP contribution in [0.4, 0.5) is 0 Å². The van der Waals surface area contributed by atoms with E-state index in [0.717, 1.165) is 19.2 Å². The number of aliphatic hydroxyl groups excluding tert-OH is 1. The molecule has 1 heterocycles. The first-order valence-corrected chi connectivity index (χ1v) is 4.90. The van der Waals surface area contributed by atoms with E-state index in [4.69, 9.17) is 10.2 Å². The number of methoxy groups -OCH3 is 1. The van der Waals surface area contributed by atoms with E-state index in [-0.39, 0.29) is 5.56 Å². The van der Waals surface area contributed by atoms with Crippen LogP contribution in [-0.4, -0.2) is 46.8 Å². The third-order valence-corrected chi connectivity index (χ3v) is 2.07. The van der Waals surface area contributed by atoms with Gasteiger partial charge in [0.15, 0.2) is 11.9 Å². The summed E-state index contributed by atoms with van der Waals surface area (Å²) in [4.78, 5) is 35.8. The van der Waals surface area contributed by atoms with Crippen LogP contribution in [0.15, 0.2) is 16.9 Å². The molecule has 1 aromatic rings. The summed E-state index contributed by atoms with van der Waals surface area (Å²) < 4.78 is 4.36. The van der Waals surface area contributed by atoms with Crippen LogP contribution in [0.3, 0.4) is 0 Å². The Kier molecular flexibility index (Phi) is 4.44. The molecule has 4 N–H and O–H groups in total. The number of rotatable bonds is 4. The monoisotopic (exact) mass is 256 g/mol. The number of H-pyrrole nitrogens is 1.